The summed E-state index contributed by atoms with van der Waals surface area (Å²) in [5.41, 5.74) is 2.80. The third-order valence-corrected chi connectivity index (χ3v) is 3.99. The van der Waals surface area contributed by atoms with Crippen LogP contribution in [-0.4, -0.2) is 18.3 Å². The van der Waals surface area contributed by atoms with Crippen molar-refractivity contribution in [1.82, 2.24) is 0 Å². The second-order valence-corrected chi connectivity index (χ2v) is 5.62. The zero-order valence-electron chi connectivity index (χ0n) is 11.9. The van der Waals surface area contributed by atoms with Crippen molar-refractivity contribution in [2.75, 3.05) is 18.1 Å². The van der Waals surface area contributed by atoms with Crippen LogP contribution in [0.5, 0.6) is 5.75 Å². The summed E-state index contributed by atoms with van der Waals surface area (Å²) in [5.74, 6) is 0.880. The van der Waals surface area contributed by atoms with Crippen molar-refractivity contribution >= 4 is 23.0 Å². The summed E-state index contributed by atoms with van der Waals surface area (Å²) in [6.07, 6.45) is 0.416. The highest BCUT2D eigenvalue weighted by Crippen LogP contribution is 2.39. The Balaban J connectivity index is 2.04. The van der Waals surface area contributed by atoms with Crippen LogP contribution in [0.4, 0.5) is 11.4 Å². The van der Waals surface area contributed by atoms with Gasteiger partial charge in [-0.15, -0.1) is 0 Å². The highest BCUT2D eigenvalue weighted by atomic mass is 35.5. The van der Waals surface area contributed by atoms with Crippen LogP contribution in [0, 0.1) is 0 Å². The van der Waals surface area contributed by atoms with Crippen molar-refractivity contribution in [3.63, 3.8) is 0 Å². The Kier molecular flexibility index (Phi) is 4.04. The molecule has 4 heteroatoms. The van der Waals surface area contributed by atoms with Crippen LogP contribution in [0.1, 0.15) is 25.0 Å². The van der Waals surface area contributed by atoms with Crippen LogP contribution in [-0.2, 0) is 0 Å². The third-order valence-electron chi connectivity index (χ3n) is 3.68. The number of para-hydroxylation sites is 2. The fraction of sp³-hybridized carbons (Fsp3) is 0.294. The second kappa shape index (κ2) is 5.96. The minimum absolute atomic E-state index is 0.517. The van der Waals surface area contributed by atoms with Gasteiger partial charge in [0.1, 0.15) is 5.75 Å². The minimum Gasteiger partial charge on any atom is -0.491 e. The molecule has 1 aliphatic rings. The Hall–Kier alpha value is -1.71. The molecule has 3 nitrogen and oxygen atoms in total. The van der Waals surface area contributed by atoms with E-state index in [1.54, 1.807) is 6.92 Å². The van der Waals surface area contributed by atoms with Gasteiger partial charge in [0.15, 0.2) is 0 Å². The maximum Gasteiger partial charge on any atom is 0.142 e. The minimum atomic E-state index is -0.517. The van der Waals surface area contributed by atoms with Crippen molar-refractivity contribution < 1.29 is 9.84 Å². The fourth-order valence-electron chi connectivity index (χ4n) is 2.58. The van der Waals surface area contributed by atoms with Crippen LogP contribution in [0.25, 0.3) is 0 Å². The first-order valence-corrected chi connectivity index (χ1v) is 7.51. The van der Waals surface area contributed by atoms with Gasteiger partial charge >= 0.3 is 0 Å². The first-order valence-electron chi connectivity index (χ1n) is 7.13. The number of aliphatic hydroxyl groups excluding tert-OH is 1. The Bertz CT molecular complexity index is 642. The lowest BCUT2D eigenvalue weighted by Crippen LogP contribution is -2.18. The van der Waals surface area contributed by atoms with Crippen LogP contribution in [0.15, 0.2) is 42.5 Å². The summed E-state index contributed by atoms with van der Waals surface area (Å²) < 4.78 is 5.78. The molecular weight excluding hydrogens is 286 g/mol. The first kappa shape index (κ1) is 14.2. The molecule has 21 heavy (non-hydrogen) atoms. The number of hydrogen-bond donors (Lipinski definition) is 1. The summed E-state index contributed by atoms with van der Waals surface area (Å²) in [5, 5.41) is 10.3. The van der Waals surface area contributed by atoms with Crippen LogP contribution in [0.2, 0.25) is 5.02 Å². The number of nitrogens with zero attached hydrogens (tertiary/aromatic N) is 1. The second-order valence-electron chi connectivity index (χ2n) is 5.21. The molecule has 0 spiro atoms. The van der Waals surface area contributed by atoms with Crippen molar-refractivity contribution in [3.05, 3.63) is 53.1 Å². The highest BCUT2D eigenvalue weighted by Gasteiger charge is 2.19. The molecule has 2 aromatic carbocycles. The van der Waals surface area contributed by atoms with Gasteiger partial charge in [0.25, 0.3) is 0 Å². The van der Waals surface area contributed by atoms with E-state index in [0.717, 1.165) is 35.7 Å². The Morgan fingerprint density at radius 1 is 1.19 bits per heavy atom. The Morgan fingerprint density at radius 3 is 2.76 bits per heavy atom. The molecule has 0 amide bonds. The standard InChI is InChI=1S/C17H18ClNO2/c1-12(20)13-7-8-15(14(18)11-13)19-9-4-10-21-17-6-3-2-5-16(17)19/h2-3,5-8,11-12,20H,4,9-10H2,1H3/t12-/m1/s1. The van der Waals surface area contributed by atoms with E-state index in [4.69, 9.17) is 16.3 Å². The van der Waals surface area contributed by atoms with Gasteiger partial charge in [-0.25, -0.2) is 0 Å². The average Bonchev–Trinajstić information content (AvgIpc) is 2.69. The van der Waals surface area contributed by atoms with E-state index in [0.29, 0.717) is 11.6 Å². The van der Waals surface area contributed by atoms with Crippen molar-refractivity contribution in [3.8, 4) is 5.75 Å². The van der Waals surface area contributed by atoms with E-state index in [9.17, 15) is 5.11 Å². The van der Waals surface area contributed by atoms with Crippen LogP contribution in [0.3, 0.4) is 0 Å². The highest BCUT2D eigenvalue weighted by molar-refractivity contribution is 6.33. The number of fused-ring (bicyclic) bond motifs is 1. The van der Waals surface area contributed by atoms with Gasteiger partial charge in [-0.2, -0.15) is 0 Å². The summed E-state index contributed by atoms with van der Waals surface area (Å²) in [6, 6.07) is 13.7. The molecule has 3 rings (SSSR count). The maximum atomic E-state index is 9.66. The topological polar surface area (TPSA) is 32.7 Å². The molecule has 0 saturated heterocycles. The first-order chi connectivity index (χ1) is 10.2. The smallest absolute Gasteiger partial charge is 0.142 e. The van der Waals surface area contributed by atoms with Gasteiger partial charge in [-0.3, -0.25) is 0 Å². The predicted octanol–water partition coefficient (Wildman–Crippen LogP) is 4.31. The van der Waals surface area contributed by atoms with Gasteiger partial charge in [0.05, 0.1) is 29.1 Å². The summed E-state index contributed by atoms with van der Waals surface area (Å²) in [7, 11) is 0. The molecule has 1 N–H and O–H groups in total. The molecule has 0 bridgehead atoms. The van der Waals surface area contributed by atoms with Crippen LogP contribution >= 0.6 is 11.6 Å². The van der Waals surface area contributed by atoms with E-state index in [2.05, 4.69) is 4.90 Å². The summed E-state index contributed by atoms with van der Waals surface area (Å²) >= 11 is 6.43. The Morgan fingerprint density at radius 2 is 2.00 bits per heavy atom. The SMILES string of the molecule is C[C@@H](O)c1ccc(N2CCCOc3ccccc32)c(Cl)c1. The molecule has 1 heterocycles. The number of anilines is 2. The molecule has 0 aromatic heterocycles. The molecule has 0 radical (unpaired) electrons. The van der Waals surface area contributed by atoms with Crippen molar-refractivity contribution in [2.24, 2.45) is 0 Å². The average molecular weight is 304 g/mol. The van der Waals surface area contributed by atoms with E-state index >= 15 is 0 Å². The number of benzene rings is 2. The quantitative estimate of drug-likeness (QED) is 0.897. The molecule has 0 saturated carbocycles. The zero-order chi connectivity index (χ0) is 14.8. The molecule has 0 aliphatic carbocycles. The van der Waals surface area contributed by atoms with E-state index in [1.165, 1.54) is 0 Å². The van der Waals surface area contributed by atoms with Crippen molar-refractivity contribution in [1.29, 1.82) is 0 Å². The van der Waals surface area contributed by atoms with Gasteiger partial charge in [-0.05, 0) is 43.2 Å². The lowest BCUT2D eigenvalue weighted by molar-refractivity contribution is 0.199. The number of hydrogen-bond acceptors (Lipinski definition) is 3. The number of ether oxygens (including phenoxy) is 1. The number of rotatable bonds is 2. The molecule has 110 valence electrons. The van der Waals surface area contributed by atoms with Gasteiger partial charge in [0, 0.05) is 6.54 Å². The Labute approximate surface area is 129 Å². The predicted molar refractivity (Wildman–Crippen MR) is 85.6 cm³/mol. The van der Waals surface area contributed by atoms with Gasteiger partial charge < -0.3 is 14.7 Å². The number of halogens is 1. The monoisotopic (exact) mass is 303 g/mol. The maximum absolute atomic E-state index is 9.66. The molecule has 0 unspecified atom stereocenters. The van der Waals surface area contributed by atoms with E-state index in [-0.39, 0.29) is 0 Å². The lowest BCUT2D eigenvalue weighted by atomic mass is 10.1. The molecule has 1 atom stereocenters. The number of aliphatic hydroxyl groups is 1. The largest absolute Gasteiger partial charge is 0.491 e. The molecule has 1 aliphatic heterocycles. The van der Waals surface area contributed by atoms with E-state index in [1.807, 2.05) is 42.5 Å². The normalized spacial score (nSPS) is 15.9. The summed E-state index contributed by atoms with van der Waals surface area (Å²) in [6.45, 7) is 3.29. The van der Waals surface area contributed by atoms with E-state index < -0.39 is 6.10 Å². The summed E-state index contributed by atoms with van der Waals surface area (Å²) in [4.78, 5) is 2.18. The molecule has 0 fully saturated rings. The lowest BCUT2D eigenvalue weighted by Gasteiger charge is -2.25. The van der Waals surface area contributed by atoms with Crippen LogP contribution < -0.4 is 9.64 Å². The van der Waals surface area contributed by atoms with Gasteiger partial charge in [0.2, 0.25) is 0 Å². The van der Waals surface area contributed by atoms with Gasteiger partial charge in [-0.1, -0.05) is 29.8 Å². The molecular formula is C17H18ClNO2. The zero-order valence-corrected chi connectivity index (χ0v) is 12.7. The third kappa shape index (κ3) is 2.85. The molecule has 2 aromatic rings. The fourth-order valence-corrected chi connectivity index (χ4v) is 2.87. The van der Waals surface area contributed by atoms with Crippen molar-refractivity contribution in [2.45, 2.75) is 19.4 Å².